The fraction of sp³-hybridized carbons (Fsp3) is 0.316. The summed E-state index contributed by atoms with van der Waals surface area (Å²) in [6, 6.07) is 11.3. The standard InChI is InChI=1S/C12H16ClNO3.C7H8O3S/c1-16-11-4-3-10(13)6-8(11)5-9(7-14)12(15)17-2;1-6-2-4-7(5-3-6)11(8,9)10/h3-4,6,9H,5,7,14H2,1-2H3;2-5H,1H3,(H,8,9,10)/t9-;/m0./s1. The van der Waals surface area contributed by atoms with E-state index in [0.717, 1.165) is 11.1 Å². The van der Waals surface area contributed by atoms with Gasteiger partial charge >= 0.3 is 5.97 Å². The molecule has 28 heavy (non-hydrogen) atoms. The largest absolute Gasteiger partial charge is 0.496 e. The maximum atomic E-state index is 11.5. The van der Waals surface area contributed by atoms with E-state index >= 15 is 0 Å². The molecular weight excluding hydrogens is 406 g/mol. The van der Waals surface area contributed by atoms with E-state index in [4.69, 9.17) is 26.6 Å². The van der Waals surface area contributed by atoms with E-state index in [9.17, 15) is 13.2 Å². The molecule has 0 aromatic heterocycles. The van der Waals surface area contributed by atoms with Crippen molar-refractivity contribution in [2.24, 2.45) is 11.7 Å². The van der Waals surface area contributed by atoms with Gasteiger partial charge in [-0.1, -0.05) is 29.3 Å². The molecular formula is C19H24ClNO6S. The predicted molar refractivity (Wildman–Crippen MR) is 107 cm³/mol. The Morgan fingerprint density at radius 2 is 1.79 bits per heavy atom. The highest BCUT2D eigenvalue weighted by Gasteiger charge is 2.19. The molecule has 0 bridgehead atoms. The van der Waals surface area contributed by atoms with Crippen LogP contribution in [0.5, 0.6) is 5.75 Å². The molecule has 0 aliphatic heterocycles. The van der Waals surface area contributed by atoms with Crippen LogP contribution in [-0.2, 0) is 26.1 Å². The Morgan fingerprint density at radius 3 is 2.25 bits per heavy atom. The van der Waals surface area contributed by atoms with Gasteiger partial charge in [0.2, 0.25) is 0 Å². The SMILES string of the molecule is COC(=O)[C@H](CN)Cc1cc(Cl)ccc1OC.Cc1ccc(S(=O)(=O)O)cc1. The van der Waals surface area contributed by atoms with Gasteiger partial charge in [0.25, 0.3) is 10.1 Å². The van der Waals surface area contributed by atoms with Crippen LogP contribution in [0.3, 0.4) is 0 Å². The summed E-state index contributed by atoms with van der Waals surface area (Å²) >= 11 is 5.91. The highest BCUT2D eigenvalue weighted by Crippen LogP contribution is 2.25. The fourth-order valence-corrected chi connectivity index (χ4v) is 2.99. The van der Waals surface area contributed by atoms with Gasteiger partial charge in [-0.05, 0) is 49.2 Å². The van der Waals surface area contributed by atoms with Gasteiger partial charge in [0.15, 0.2) is 0 Å². The van der Waals surface area contributed by atoms with Gasteiger partial charge in [0, 0.05) is 11.6 Å². The number of carbonyl (C=O) groups excluding carboxylic acids is 1. The van der Waals surface area contributed by atoms with Crippen LogP contribution in [0, 0.1) is 12.8 Å². The Hall–Kier alpha value is -2.13. The van der Waals surface area contributed by atoms with Crippen LogP contribution in [0.1, 0.15) is 11.1 Å². The molecule has 0 aliphatic carbocycles. The van der Waals surface area contributed by atoms with Crippen LogP contribution >= 0.6 is 11.6 Å². The quantitative estimate of drug-likeness (QED) is 0.535. The molecule has 154 valence electrons. The number of ether oxygens (including phenoxy) is 2. The maximum Gasteiger partial charge on any atom is 0.310 e. The van der Waals surface area contributed by atoms with E-state index in [1.54, 1.807) is 37.4 Å². The van der Waals surface area contributed by atoms with Crippen molar-refractivity contribution in [3.8, 4) is 5.75 Å². The molecule has 1 atom stereocenters. The Bertz CT molecular complexity index is 884. The number of methoxy groups -OCH3 is 2. The summed E-state index contributed by atoms with van der Waals surface area (Å²) < 4.78 is 39.4. The fourth-order valence-electron chi connectivity index (χ4n) is 2.31. The number of hydrogen-bond acceptors (Lipinski definition) is 6. The zero-order valence-electron chi connectivity index (χ0n) is 15.9. The first-order valence-electron chi connectivity index (χ1n) is 8.26. The van der Waals surface area contributed by atoms with Crippen molar-refractivity contribution in [1.29, 1.82) is 0 Å². The van der Waals surface area contributed by atoms with E-state index < -0.39 is 10.1 Å². The van der Waals surface area contributed by atoms with Gasteiger partial charge in [-0.2, -0.15) is 8.42 Å². The second-order valence-electron chi connectivity index (χ2n) is 5.90. The average molecular weight is 430 g/mol. The second-order valence-corrected chi connectivity index (χ2v) is 7.76. The molecule has 0 radical (unpaired) electrons. The second kappa shape index (κ2) is 11.0. The van der Waals surface area contributed by atoms with Crippen molar-refractivity contribution in [2.45, 2.75) is 18.2 Å². The van der Waals surface area contributed by atoms with Gasteiger partial charge < -0.3 is 15.2 Å². The minimum atomic E-state index is -4.02. The summed E-state index contributed by atoms with van der Waals surface area (Å²) in [6.45, 7) is 2.07. The Morgan fingerprint density at radius 1 is 1.18 bits per heavy atom. The van der Waals surface area contributed by atoms with Crippen molar-refractivity contribution >= 4 is 27.7 Å². The minimum absolute atomic E-state index is 0.0666. The monoisotopic (exact) mass is 429 g/mol. The molecule has 3 N–H and O–H groups in total. The zero-order valence-corrected chi connectivity index (χ0v) is 17.5. The molecule has 0 amide bonds. The van der Waals surface area contributed by atoms with E-state index in [0.29, 0.717) is 17.2 Å². The average Bonchev–Trinajstić information content (AvgIpc) is 2.65. The molecule has 0 spiro atoms. The highest BCUT2D eigenvalue weighted by atomic mass is 35.5. The lowest BCUT2D eigenvalue weighted by Gasteiger charge is -2.14. The van der Waals surface area contributed by atoms with Gasteiger partial charge in [0.1, 0.15) is 5.75 Å². The summed E-state index contributed by atoms with van der Waals surface area (Å²) in [5, 5.41) is 0.599. The summed E-state index contributed by atoms with van der Waals surface area (Å²) in [4.78, 5) is 11.4. The van der Waals surface area contributed by atoms with Gasteiger partial charge in [-0.3, -0.25) is 9.35 Å². The molecule has 0 saturated heterocycles. The number of benzene rings is 2. The topological polar surface area (TPSA) is 116 Å². The van der Waals surface area contributed by atoms with Crippen LogP contribution in [0.25, 0.3) is 0 Å². The third-order valence-corrected chi connectivity index (χ3v) is 4.95. The van der Waals surface area contributed by atoms with E-state index in [-0.39, 0.29) is 23.3 Å². The first-order chi connectivity index (χ1) is 13.1. The van der Waals surface area contributed by atoms with E-state index in [2.05, 4.69) is 4.74 Å². The number of carbonyl (C=O) groups is 1. The van der Waals surface area contributed by atoms with Gasteiger partial charge in [-0.25, -0.2) is 0 Å². The maximum absolute atomic E-state index is 11.5. The third kappa shape index (κ3) is 7.47. The van der Waals surface area contributed by atoms with Crippen molar-refractivity contribution in [2.75, 3.05) is 20.8 Å². The predicted octanol–water partition coefficient (Wildman–Crippen LogP) is 2.88. The van der Waals surface area contributed by atoms with Gasteiger partial charge in [0.05, 0.1) is 25.0 Å². The van der Waals surface area contributed by atoms with E-state index in [1.165, 1.54) is 19.2 Å². The summed E-state index contributed by atoms with van der Waals surface area (Å²) in [5.74, 6) is -0.0151. The highest BCUT2D eigenvalue weighted by molar-refractivity contribution is 7.85. The molecule has 2 rings (SSSR count). The van der Waals surface area contributed by atoms with Crippen LogP contribution in [0.15, 0.2) is 47.4 Å². The molecule has 7 nitrogen and oxygen atoms in total. The summed E-state index contributed by atoms with van der Waals surface area (Å²) in [6.07, 6.45) is 0.451. The third-order valence-electron chi connectivity index (χ3n) is 3.85. The molecule has 0 fully saturated rings. The number of nitrogens with two attached hydrogens (primary N) is 1. The number of aryl methyl sites for hydroxylation is 1. The van der Waals surface area contributed by atoms with Crippen molar-refractivity contribution < 1.29 is 27.2 Å². The first-order valence-corrected chi connectivity index (χ1v) is 10.1. The number of esters is 1. The molecule has 0 heterocycles. The molecule has 2 aromatic rings. The molecule has 9 heteroatoms. The number of halogens is 1. The lowest BCUT2D eigenvalue weighted by atomic mass is 9.99. The molecule has 0 unspecified atom stereocenters. The normalized spacial score (nSPS) is 11.8. The van der Waals surface area contributed by atoms with Gasteiger partial charge in [-0.15, -0.1) is 0 Å². The summed E-state index contributed by atoms with van der Waals surface area (Å²) in [5.41, 5.74) is 7.36. The molecule has 0 aliphatic rings. The first kappa shape index (κ1) is 23.9. The van der Waals surface area contributed by atoms with Crippen LogP contribution in [0.2, 0.25) is 5.02 Å². The zero-order chi connectivity index (χ0) is 21.3. The van der Waals surface area contributed by atoms with E-state index in [1.807, 2.05) is 6.92 Å². The van der Waals surface area contributed by atoms with Crippen LogP contribution < -0.4 is 10.5 Å². The smallest absolute Gasteiger partial charge is 0.310 e. The van der Waals surface area contributed by atoms with Crippen molar-refractivity contribution in [1.82, 2.24) is 0 Å². The molecule has 0 saturated carbocycles. The molecule has 2 aromatic carbocycles. The Balaban J connectivity index is 0.000000307. The van der Waals surface area contributed by atoms with Crippen molar-refractivity contribution in [3.63, 3.8) is 0 Å². The summed E-state index contributed by atoms with van der Waals surface area (Å²) in [7, 11) is -1.10. The number of hydrogen-bond donors (Lipinski definition) is 2. The van der Waals surface area contributed by atoms with Crippen molar-refractivity contribution in [3.05, 3.63) is 58.6 Å². The lowest BCUT2D eigenvalue weighted by molar-refractivity contribution is -0.145. The van der Waals surface area contributed by atoms with Crippen LogP contribution in [0.4, 0.5) is 0 Å². The Kier molecular flexibility index (Phi) is 9.40. The minimum Gasteiger partial charge on any atom is -0.496 e. The Labute approximate surface area is 170 Å². The lowest BCUT2D eigenvalue weighted by Crippen LogP contribution is -2.27. The number of rotatable bonds is 6. The van der Waals surface area contributed by atoms with Crippen LogP contribution in [-0.4, -0.2) is 39.7 Å².